The zero-order chi connectivity index (χ0) is 11.7. The van der Waals surface area contributed by atoms with Crippen LogP contribution in [0.25, 0.3) is 0 Å². The van der Waals surface area contributed by atoms with Crippen LogP contribution in [0.5, 0.6) is 0 Å². The number of hydrogen-bond acceptors (Lipinski definition) is 3. The van der Waals surface area contributed by atoms with Gasteiger partial charge >= 0.3 is 0 Å². The molecule has 2 nitrogen and oxygen atoms in total. The van der Waals surface area contributed by atoms with Crippen molar-refractivity contribution in [3.8, 4) is 0 Å². The molecule has 0 unspecified atom stereocenters. The Morgan fingerprint density at radius 3 is 2.69 bits per heavy atom. The van der Waals surface area contributed by atoms with Crippen LogP contribution in [0.15, 0.2) is 29.6 Å². The maximum atomic E-state index is 12.1. The standard InChI is InChI=1S/C12H10ClNOS/c1-7-6-8(14)2-3-9(7)11(15)12-10(13)4-5-16-12/h2-6H,14H2,1H3. The zero-order valence-electron chi connectivity index (χ0n) is 8.66. The predicted octanol–water partition coefficient (Wildman–Crippen LogP) is 3.52. The Kier molecular flexibility index (Phi) is 2.99. The molecule has 0 spiro atoms. The van der Waals surface area contributed by atoms with E-state index in [0.29, 0.717) is 21.2 Å². The first-order valence-corrected chi connectivity index (χ1v) is 5.99. The van der Waals surface area contributed by atoms with Crippen LogP contribution in [0.3, 0.4) is 0 Å². The number of thiophene rings is 1. The van der Waals surface area contributed by atoms with Crippen molar-refractivity contribution in [3.63, 3.8) is 0 Å². The van der Waals surface area contributed by atoms with Gasteiger partial charge in [0.1, 0.15) is 0 Å². The van der Waals surface area contributed by atoms with E-state index in [1.54, 1.807) is 24.3 Å². The summed E-state index contributed by atoms with van der Waals surface area (Å²) in [5.74, 6) is -0.0440. The van der Waals surface area contributed by atoms with Gasteiger partial charge in [-0.25, -0.2) is 0 Å². The Morgan fingerprint density at radius 2 is 2.12 bits per heavy atom. The number of halogens is 1. The molecule has 0 radical (unpaired) electrons. The molecular weight excluding hydrogens is 242 g/mol. The average Bonchev–Trinajstić information content (AvgIpc) is 2.63. The van der Waals surface area contributed by atoms with Gasteiger partial charge in [-0.3, -0.25) is 4.79 Å². The molecule has 1 aromatic carbocycles. The van der Waals surface area contributed by atoms with E-state index in [-0.39, 0.29) is 5.78 Å². The van der Waals surface area contributed by atoms with Gasteiger partial charge < -0.3 is 5.73 Å². The molecule has 2 rings (SSSR count). The van der Waals surface area contributed by atoms with Crippen LogP contribution in [-0.4, -0.2) is 5.78 Å². The number of nitrogens with two attached hydrogens (primary N) is 1. The first kappa shape index (κ1) is 11.2. The van der Waals surface area contributed by atoms with Gasteiger partial charge in [-0.2, -0.15) is 0 Å². The number of aryl methyl sites for hydroxylation is 1. The summed E-state index contributed by atoms with van der Waals surface area (Å²) < 4.78 is 0. The zero-order valence-corrected chi connectivity index (χ0v) is 10.2. The van der Waals surface area contributed by atoms with E-state index in [1.807, 2.05) is 12.3 Å². The van der Waals surface area contributed by atoms with Crippen LogP contribution in [0.4, 0.5) is 5.69 Å². The van der Waals surface area contributed by atoms with E-state index in [1.165, 1.54) is 11.3 Å². The second-order valence-electron chi connectivity index (χ2n) is 3.50. The molecule has 0 atom stereocenters. The highest BCUT2D eigenvalue weighted by Crippen LogP contribution is 2.26. The topological polar surface area (TPSA) is 43.1 Å². The molecule has 4 heteroatoms. The summed E-state index contributed by atoms with van der Waals surface area (Å²) in [6, 6.07) is 6.98. The SMILES string of the molecule is Cc1cc(N)ccc1C(=O)c1sccc1Cl. The summed E-state index contributed by atoms with van der Waals surface area (Å²) >= 11 is 7.29. The van der Waals surface area contributed by atoms with Gasteiger partial charge in [0, 0.05) is 11.3 Å². The molecule has 16 heavy (non-hydrogen) atoms. The van der Waals surface area contributed by atoms with Crippen molar-refractivity contribution in [1.29, 1.82) is 0 Å². The van der Waals surface area contributed by atoms with E-state index in [2.05, 4.69) is 0 Å². The predicted molar refractivity (Wildman–Crippen MR) is 68.4 cm³/mol. The lowest BCUT2D eigenvalue weighted by molar-refractivity contribution is 0.104. The lowest BCUT2D eigenvalue weighted by atomic mass is 10.0. The van der Waals surface area contributed by atoms with Gasteiger partial charge in [-0.1, -0.05) is 11.6 Å². The Morgan fingerprint density at radius 1 is 1.38 bits per heavy atom. The summed E-state index contributed by atoms with van der Waals surface area (Å²) in [6.45, 7) is 1.87. The van der Waals surface area contributed by atoms with Crippen molar-refractivity contribution in [2.75, 3.05) is 5.73 Å². The molecule has 2 aromatic rings. The van der Waals surface area contributed by atoms with Gasteiger partial charge in [0.2, 0.25) is 5.78 Å². The van der Waals surface area contributed by atoms with Crippen molar-refractivity contribution in [2.45, 2.75) is 6.92 Å². The number of benzene rings is 1. The first-order chi connectivity index (χ1) is 7.59. The van der Waals surface area contributed by atoms with E-state index >= 15 is 0 Å². The average molecular weight is 252 g/mol. The van der Waals surface area contributed by atoms with Gasteiger partial charge in [-0.05, 0) is 42.1 Å². The van der Waals surface area contributed by atoms with E-state index in [0.717, 1.165) is 5.56 Å². The van der Waals surface area contributed by atoms with Crippen LogP contribution < -0.4 is 5.73 Å². The fraction of sp³-hybridized carbons (Fsp3) is 0.0833. The van der Waals surface area contributed by atoms with Gasteiger partial charge in [-0.15, -0.1) is 11.3 Å². The Balaban J connectivity index is 2.46. The Bertz CT molecular complexity index is 548. The van der Waals surface area contributed by atoms with E-state index < -0.39 is 0 Å². The van der Waals surface area contributed by atoms with Crippen molar-refractivity contribution >= 4 is 34.4 Å². The summed E-state index contributed by atoms with van der Waals surface area (Å²) in [5.41, 5.74) is 7.82. The minimum atomic E-state index is -0.0440. The summed E-state index contributed by atoms with van der Waals surface area (Å²) in [7, 11) is 0. The normalized spacial score (nSPS) is 10.4. The number of hydrogen-bond donors (Lipinski definition) is 1. The quantitative estimate of drug-likeness (QED) is 0.656. The van der Waals surface area contributed by atoms with Crippen LogP contribution in [0.1, 0.15) is 20.8 Å². The molecule has 0 bridgehead atoms. The van der Waals surface area contributed by atoms with Crippen LogP contribution >= 0.6 is 22.9 Å². The third-order valence-electron chi connectivity index (χ3n) is 2.32. The lowest BCUT2D eigenvalue weighted by Crippen LogP contribution is -2.02. The molecule has 0 fully saturated rings. The maximum Gasteiger partial charge on any atom is 0.204 e. The smallest absolute Gasteiger partial charge is 0.204 e. The summed E-state index contributed by atoms with van der Waals surface area (Å²) in [5, 5.41) is 2.31. The van der Waals surface area contributed by atoms with Gasteiger partial charge in [0.05, 0.1) is 9.90 Å². The number of carbonyl (C=O) groups excluding carboxylic acids is 1. The van der Waals surface area contributed by atoms with Crippen molar-refractivity contribution in [3.05, 3.63) is 50.7 Å². The van der Waals surface area contributed by atoms with E-state index in [9.17, 15) is 4.79 Å². The first-order valence-electron chi connectivity index (χ1n) is 4.73. The third kappa shape index (κ3) is 1.96. The highest BCUT2D eigenvalue weighted by molar-refractivity contribution is 7.13. The molecule has 0 aliphatic carbocycles. The second-order valence-corrected chi connectivity index (χ2v) is 4.82. The molecule has 0 saturated heterocycles. The number of carbonyl (C=O) groups is 1. The highest BCUT2D eigenvalue weighted by atomic mass is 35.5. The molecule has 1 aromatic heterocycles. The second kappa shape index (κ2) is 4.28. The number of ketones is 1. The van der Waals surface area contributed by atoms with Gasteiger partial charge in [0.25, 0.3) is 0 Å². The molecule has 82 valence electrons. The van der Waals surface area contributed by atoms with Crippen molar-refractivity contribution in [2.24, 2.45) is 0 Å². The lowest BCUT2D eigenvalue weighted by Gasteiger charge is -2.04. The summed E-state index contributed by atoms with van der Waals surface area (Å²) in [6.07, 6.45) is 0. The molecule has 0 aliphatic heterocycles. The monoisotopic (exact) mass is 251 g/mol. The number of rotatable bonds is 2. The molecule has 0 amide bonds. The minimum Gasteiger partial charge on any atom is -0.399 e. The highest BCUT2D eigenvalue weighted by Gasteiger charge is 2.15. The number of nitrogen functional groups attached to an aromatic ring is 1. The van der Waals surface area contributed by atoms with Crippen molar-refractivity contribution < 1.29 is 4.79 Å². The molecule has 1 heterocycles. The molecule has 0 saturated carbocycles. The molecule has 2 N–H and O–H groups in total. The van der Waals surface area contributed by atoms with Crippen LogP contribution in [0.2, 0.25) is 5.02 Å². The largest absolute Gasteiger partial charge is 0.399 e. The maximum absolute atomic E-state index is 12.1. The molecular formula is C12H10ClNOS. The summed E-state index contributed by atoms with van der Waals surface area (Å²) in [4.78, 5) is 12.7. The fourth-order valence-corrected chi connectivity index (χ4v) is 2.61. The van der Waals surface area contributed by atoms with E-state index in [4.69, 9.17) is 17.3 Å². The molecule has 0 aliphatic rings. The van der Waals surface area contributed by atoms with Gasteiger partial charge in [0.15, 0.2) is 0 Å². The Labute approximate surface area is 103 Å². The fourth-order valence-electron chi connectivity index (χ4n) is 1.52. The van der Waals surface area contributed by atoms with Crippen LogP contribution in [-0.2, 0) is 0 Å². The Hall–Kier alpha value is -1.32. The number of anilines is 1. The minimum absolute atomic E-state index is 0.0440. The van der Waals surface area contributed by atoms with Crippen LogP contribution in [0, 0.1) is 6.92 Å². The van der Waals surface area contributed by atoms with Crippen molar-refractivity contribution in [1.82, 2.24) is 0 Å². The third-order valence-corrected chi connectivity index (χ3v) is 3.66.